The number of methoxy groups -OCH3 is 1. The first-order valence-corrected chi connectivity index (χ1v) is 11.4. The lowest BCUT2D eigenvalue weighted by atomic mass is 9.87. The molecule has 0 spiro atoms. The molecule has 0 saturated heterocycles. The van der Waals surface area contributed by atoms with E-state index in [0.29, 0.717) is 33.6 Å². The Labute approximate surface area is 192 Å². The van der Waals surface area contributed by atoms with Gasteiger partial charge in [0.2, 0.25) is 0 Å². The fourth-order valence-electron chi connectivity index (χ4n) is 4.38. The molecule has 2 fully saturated rings. The van der Waals surface area contributed by atoms with Crippen LogP contribution in [0.5, 0.6) is 11.5 Å². The number of hydrogen-bond donors (Lipinski definition) is 1. The topological polar surface area (TPSA) is 47.6 Å². The Morgan fingerprint density at radius 2 is 1.75 bits per heavy atom. The maximum absolute atomic E-state index is 13.3. The summed E-state index contributed by atoms with van der Waals surface area (Å²) in [5.41, 5.74) is 1.85. The first-order valence-electron chi connectivity index (χ1n) is 11.1. The zero-order valence-electron chi connectivity index (χ0n) is 18.3. The van der Waals surface area contributed by atoms with Gasteiger partial charge in [0.15, 0.2) is 0 Å². The van der Waals surface area contributed by atoms with E-state index in [0.717, 1.165) is 31.2 Å². The smallest absolute Gasteiger partial charge is 0.255 e. The summed E-state index contributed by atoms with van der Waals surface area (Å²) < 4.78 is 37.7. The molecular formula is C25H28ClF2NO3. The average Bonchev–Trinajstić information content (AvgIpc) is 2.74. The second-order valence-corrected chi connectivity index (χ2v) is 9.40. The second-order valence-electron chi connectivity index (χ2n) is 8.99. The highest BCUT2D eigenvalue weighted by Gasteiger charge is 2.47. The minimum absolute atomic E-state index is 0.146. The van der Waals surface area contributed by atoms with Crippen LogP contribution in [0.2, 0.25) is 5.02 Å². The van der Waals surface area contributed by atoms with Crippen LogP contribution in [-0.4, -0.2) is 31.1 Å². The molecule has 32 heavy (non-hydrogen) atoms. The normalized spacial score (nSPS) is 22.7. The predicted octanol–water partition coefficient (Wildman–Crippen LogP) is 6.50. The summed E-state index contributed by atoms with van der Waals surface area (Å²) in [5, 5.41) is 3.55. The molecular weight excluding hydrogens is 436 g/mol. The Bertz CT molecular complexity index is 981. The maximum atomic E-state index is 13.3. The van der Waals surface area contributed by atoms with Crippen LogP contribution in [0, 0.1) is 5.92 Å². The third kappa shape index (κ3) is 5.17. The average molecular weight is 464 g/mol. The SMILES string of the molecule is COc1ccc(-c2cc(C(=O)NC3CCC(C)CC3)ccc2OC2CC(F)(F)C2)cc1Cl. The first kappa shape index (κ1) is 22.8. The van der Waals surface area contributed by atoms with Crippen LogP contribution >= 0.6 is 11.6 Å². The molecule has 7 heteroatoms. The number of carbonyl (C=O) groups is 1. The number of alkyl halides is 2. The number of nitrogens with one attached hydrogen (secondary N) is 1. The highest BCUT2D eigenvalue weighted by atomic mass is 35.5. The lowest BCUT2D eigenvalue weighted by Gasteiger charge is -2.35. The summed E-state index contributed by atoms with van der Waals surface area (Å²) in [7, 11) is 1.53. The van der Waals surface area contributed by atoms with Crippen LogP contribution in [0.1, 0.15) is 55.8 Å². The molecule has 4 rings (SSSR count). The Hall–Kier alpha value is -2.34. The summed E-state index contributed by atoms with van der Waals surface area (Å²) >= 11 is 6.31. The van der Waals surface area contributed by atoms with Gasteiger partial charge in [-0.05, 0) is 67.5 Å². The number of amides is 1. The second kappa shape index (κ2) is 9.26. The van der Waals surface area contributed by atoms with Gasteiger partial charge in [0.05, 0.1) is 12.1 Å². The van der Waals surface area contributed by atoms with Gasteiger partial charge in [-0.3, -0.25) is 4.79 Å². The molecule has 0 unspecified atom stereocenters. The van der Waals surface area contributed by atoms with E-state index in [-0.39, 0.29) is 24.8 Å². The van der Waals surface area contributed by atoms with Crippen molar-refractivity contribution in [1.29, 1.82) is 0 Å². The van der Waals surface area contributed by atoms with Crippen LogP contribution < -0.4 is 14.8 Å². The van der Waals surface area contributed by atoms with Crippen molar-refractivity contribution in [2.75, 3.05) is 7.11 Å². The van der Waals surface area contributed by atoms with Gasteiger partial charge < -0.3 is 14.8 Å². The number of carbonyl (C=O) groups excluding carboxylic acids is 1. The largest absolute Gasteiger partial charge is 0.495 e. The molecule has 2 saturated carbocycles. The standard InChI is InChI=1S/C25H28ClF2NO3/c1-15-3-7-18(8-4-15)29-24(30)17-6-9-22(32-19-13-25(27,28)14-19)20(11-17)16-5-10-23(31-2)21(26)12-16/h5-6,9-12,15,18-19H,3-4,7-8,13-14H2,1-2H3,(H,29,30). The molecule has 0 atom stereocenters. The highest BCUT2D eigenvalue weighted by molar-refractivity contribution is 6.32. The Morgan fingerprint density at radius 3 is 2.38 bits per heavy atom. The van der Waals surface area contributed by atoms with E-state index in [2.05, 4.69) is 12.2 Å². The molecule has 0 bridgehead atoms. The summed E-state index contributed by atoms with van der Waals surface area (Å²) in [6, 6.07) is 10.5. The van der Waals surface area contributed by atoms with Gasteiger partial charge in [0.1, 0.15) is 17.6 Å². The van der Waals surface area contributed by atoms with E-state index in [1.54, 1.807) is 30.3 Å². The highest BCUT2D eigenvalue weighted by Crippen LogP contribution is 2.42. The van der Waals surface area contributed by atoms with Gasteiger partial charge in [-0.2, -0.15) is 0 Å². The number of halogens is 3. The molecule has 0 aromatic heterocycles. The van der Waals surface area contributed by atoms with Gasteiger partial charge in [0.25, 0.3) is 11.8 Å². The monoisotopic (exact) mass is 463 g/mol. The van der Waals surface area contributed by atoms with Gasteiger partial charge in [0, 0.05) is 30.0 Å². The van der Waals surface area contributed by atoms with Crippen molar-refractivity contribution < 1.29 is 23.0 Å². The van der Waals surface area contributed by atoms with Crippen molar-refractivity contribution >= 4 is 17.5 Å². The van der Waals surface area contributed by atoms with Gasteiger partial charge in [-0.25, -0.2) is 8.78 Å². The summed E-state index contributed by atoms with van der Waals surface area (Å²) in [6.45, 7) is 2.24. The zero-order chi connectivity index (χ0) is 22.9. The Morgan fingerprint density at radius 1 is 1.06 bits per heavy atom. The molecule has 172 valence electrons. The molecule has 0 heterocycles. The van der Waals surface area contributed by atoms with E-state index in [9.17, 15) is 13.6 Å². The van der Waals surface area contributed by atoms with Gasteiger partial charge in [-0.15, -0.1) is 0 Å². The summed E-state index contributed by atoms with van der Waals surface area (Å²) in [6.07, 6.45) is 3.01. The van der Waals surface area contributed by atoms with E-state index in [1.165, 1.54) is 7.11 Å². The minimum Gasteiger partial charge on any atom is -0.495 e. The third-order valence-electron chi connectivity index (χ3n) is 6.40. The van der Waals surface area contributed by atoms with E-state index < -0.39 is 12.0 Å². The van der Waals surface area contributed by atoms with Crippen molar-refractivity contribution in [3.8, 4) is 22.6 Å². The molecule has 1 amide bonds. The Balaban J connectivity index is 1.59. The van der Waals surface area contributed by atoms with Crippen molar-refractivity contribution in [1.82, 2.24) is 5.32 Å². The molecule has 2 aliphatic carbocycles. The van der Waals surface area contributed by atoms with E-state index in [1.807, 2.05) is 6.07 Å². The molecule has 2 aliphatic rings. The van der Waals surface area contributed by atoms with E-state index in [4.69, 9.17) is 21.1 Å². The van der Waals surface area contributed by atoms with Crippen LogP contribution in [0.15, 0.2) is 36.4 Å². The van der Waals surface area contributed by atoms with Crippen LogP contribution in [0.25, 0.3) is 11.1 Å². The molecule has 0 aliphatic heterocycles. The maximum Gasteiger partial charge on any atom is 0.255 e. The molecule has 2 aromatic rings. The van der Waals surface area contributed by atoms with Crippen LogP contribution in [0.3, 0.4) is 0 Å². The molecule has 0 radical (unpaired) electrons. The third-order valence-corrected chi connectivity index (χ3v) is 6.70. The summed E-state index contributed by atoms with van der Waals surface area (Å²) in [4.78, 5) is 12.9. The molecule has 4 nitrogen and oxygen atoms in total. The first-order chi connectivity index (χ1) is 15.2. The van der Waals surface area contributed by atoms with Crippen LogP contribution in [-0.2, 0) is 0 Å². The van der Waals surface area contributed by atoms with Gasteiger partial charge in [-0.1, -0.05) is 24.6 Å². The number of rotatable bonds is 6. The Kier molecular flexibility index (Phi) is 6.61. The number of hydrogen-bond acceptors (Lipinski definition) is 3. The van der Waals surface area contributed by atoms with Gasteiger partial charge >= 0.3 is 0 Å². The molecule has 2 aromatic carbocycles. The zero-order valence-corrected chi connectivity index (χ0v) is 19.1. The van der Waals surface area contributed by atoms with Crippen LogP contribution in [0.4, 0.5) is 8.78 Å². The molecule has 1 N–H and O–H groups in total. The lowest BCUT2D eigenvalue weighted by Crippen LogP contribution is -2.43. The predicted molar refractivity (Wildman–Crippen MR) is 121 cm³/mol. The minimum atomic E-state index is -2.68. The van der Waals surface area contributed by atoms with Crippen molar-refractivity contribution in [2.45, 2.75) is 63.5 Å². The fourth-order valence-corrected chi connectivity index (χ4v) is 4.63. The van der Waals surface area contributed by atoms with Crippen molar-refractivity contribution in [3.05, 3.63) is 47.0 Å². The fraction of sp³-hybridized carbons (Fsp3) is 0.480. The quantitative estimate of drug-likeness (QED) is 0.531. The van der Waals surface area contributed by atoms with Crippen molar-refractivity contribution in [2.24, 2.45) is 5.92 Å². The number of benzene rings is 2. The summed E-state index contributed by atoms with van der Waals surface area (Å²) in [5.74, 6) is -1.14. The lowest BCUT2D eigenvalue weighted by molar-refractivity contribution is -0.134. The van der Waals surface area contributed by atoms with E-state index >= 15 is 0 Å². The van der Waals surface area contributed by atoms with Crippen molar-refractivity contribution in [3.63, 3.8) is 0 Å². The number of ether oxygens (including phenoxy) is 2.